The molecule has 0 saturated carbocycles. The van der Waals surface area contributed by atoms with Gasteiger partial charge in [0.25, 0.3) is 5.91 Å². The van der Waals surface area contributed by atoms with E-state index in [4.69, 9.17) is 5.73 Å². The number of rotatable bonds is 7. The van der Waals surface area contributed by atoms with Gasteiger partial charge in [0.15, 0.2) is 0 Å². The third kappa shape index (κ3) is 4.15. The molecule has 0 aromatic heterocycles. The lowest BCUT2D eigenvalue weighted by Gasteiger charge is -2.28. The first-order valence-electron chi connectivity index (χ1n) is 7.46. The maximum atomic E-state index is 12.2. The van der Waals surface area contributed by atoms with Gasteiger partial charge in [0.05, 0.1) is 11.3 Å². The Morgan fingerprint density at radius 1 is 1.35 bits per heavy atom. The average molecular weight is 277 g/mol. The summed E-state index contributed by atoms with van der Waals surface area (Å²) in [6.45, 7) is 10.9. The van der Waals surface area contributed by atoms with Crippen LogP contribution in [0.5, 0.6) is 0 Å². The lowest BCUT2D eigenvalue weighted by atomic mass is 10.1. The summed E-state index contributed by atoms with van der Waals surface area (Å²) in [4.78, 5) is 14.4. The Morgan fingerprint density at radius 3 is 2.60 bits per heavy atom. The van der Waals surface area contributed by atoms with Crippen molar-refractivity contribution in [2.75, 3.05) is 30.3 Å². The fourth-order valence-electron chi connectivity index (χ4n) is 2.16. The van der Waals surface area contributed by atoms with Crippen LogP contribution in [-0.2, 0) is 0 Å². The molecular weight excluding hydrogens is 250 g/mol. The number of hydrogen-bond donors (Lipinski definition) is 2. The van der Waals surface area contributed by atoms with Crippen molar-refractivity contribution in [2.24, 2.45) is 5.92 Å². The highest BCUT2D eigenvalue weighted by atomic mass is 16.1. The number of nitrogen functional groups attached to an aromatic ring is 1. The van der Waals surface area contributed by atoms with E-state index in [-0.39, 0.29) is 5.91 Å². The molecule has 0 heterocycles. The SMILES string of the molecule is CCNC(=O)c1ccc(N)cc1N(CC)CC(C)CC. The lowest BCUT2D eigenvalue weighted by Crippen LogP contribution is -2.32. The maximum absolute atomic E-state index is 12.2. The van der Waals surface area contributed by atoms with Gasteiger partial charge in [0.1, 0.15) is 0 Å². The van der Waals surface area contributed by atoms with Gasteiger partial charge in [0.2, 0.25) is 0 Å². The first kappa shape index (κ1) is 16.3. The molecule has 1 aromatic carbocycles. The topological polar surface area (TPSA) is 58.4 Å². The van der Waals surface area contributed by atoms with E-state index in [0.29, 0.717) is 23.7 Å². The standard InChI is InChI=1S/C16H27N3O/c1-5-12(4)11-19(7-3)15-10-13(17)8-9-14(15)16(20)18-6-2/h8-10,12H,5-7,11,17H2,1-4H3,(H,18,20). The summed E-state index contributed by atoms with van der Waals surface area (Å²) in [5.41, 5.74) is 8.22. The van der Waals surface area contributed by atoms with Crippen molar-refractivity contribution in [3.05, 3.63) is 23.8 Å². The van der Waals surface area contributed by atoms with Crippen LogP contribution >= 0.6 is 0 Å². The number of hydrogen-bond acceptors (Lipinski definition) is 3. The molecule has 3 N–H and O–H groups in total. The van der Waals surface area contributed by atoms with Crippen molar-refractivity contribution in [1.82, 2.24) is 5.32 Å². The lowest BCUT2D eigenvalue weighted by molar-refractivity contribution is 0.0956. The van der Waals surface area contributed by atoms with Crippen molar-refractivity contribution < 1.29 is 4.79 Å². The second-order valence-corrected chi connectivity index (χ2v) is 5.19. The number of carbonyl (C=O) groups is 1. The van der Waals surface area contributed by atoms with Gasteiger partial charge in [0, 0.05) is 25.3 Å². The van der Waals surface area contributed by atoms with Gasteiger partial charge in [-0.15, -0.1) is 0 Å². The number of anilines is 2. The molecular formula is C16H27N3O. The number of amides is 1. The Labute approximate surface area is 122 Å². The first-order valence-corrected chi connectivity index (χ1v) is 7.46. The predicted molar refractivity (Wildman–Crippen MR) is 86.2 cm³/mol. The molecule has 0 saturated heterocycles. The van der Waals surface area contributed by atoms with Crippen molar-refractivity contribution >= 4 is 17.3 Å². The Hall–Kier alpha value is -1.71. The van der Waals surface area contributed by atoms with E-state index in [9.17, 15) is 4.79 Å². The largest absolute Gasteiger partial charge is 0.399 e. The molecule has 1 unspecified atom stereocenters. The molecule has 0 aliphatic carbocycles. The number of nitrogens with two attached hydrogens (primary N) is 1. The number of nitrogens with one attached hydrogen (secondary N) is 1. The van der Waals surface area contributed by atoms with Gasteiger partial charge < -0.3 is 16.0 Å². The molecule has 4 nitrogen and oxygen atoms in total. The molecule has 0 radical (unpaired) electrons. The van der Waals surface area contributed by atoms with E-state index < -0.39 is 0 Å². The Balaban J connectivity index is 3.11. The van der Waals surface area contributed by atoms with E-state index in [1.165, 1.54) is 0 Å². The van der Waals surface area contributed by atoms with Gasteiger partial charge in [-0.05, 0) is 38.0 Å². The summed E-state index contributed by atoms with van der Waals surface area (Å²) in [6.07, 6.45) is 1.12. The Morgan fingerprint density at radius 2 is 2.05 bits per heavy atom. The van der Waals surface area contributed by atoms with Crippen LogP contribution in [0.3, 0.4) is 0 Å². The first-order chi connectivity index (χ1) is 9.53. The Kier molecular flexibility index (Phi) is 6.36. The second-order valence-electron chi connectivity index (χ2n) is 5.19. The number of nitrogens with zero attached hydrogens (tertiary/aromatic N) is 1. The van der Waals surface area contributed by atoms with Crippen LogP contribution in [0.15, 0.2) is 18.2 Å². The van der Waals surface area contributed by atoms with E-state index >= 15 is 0 Å². The van der Waals surface area contributed by atoms with Crippen molar-refractivity contribution in [3.8, 4) is 0 Å². The molecule has 0 bridgehead atoms. The zero-order valence-electron chi connectivity index (χ0n) is 13.1. The van der Waals surface area contributed by atoms with Crippen LogP contribution in [0, 0.1) is 5.92 Å². The number of benzene rings is 1. The molecule has 20 heavy (non-hydrogen) atoms. The van der Waals surface area contributed by atoms with Crippen LogP contribution in [0.1, 0.15) is 44.5 Å². The van der Waals surface area contributed by atoms with Crippen LogP contribution in [-0.4, -0.2) is 25.5 Å². The zero-order chi connectivity index (χ0) is 15.1. The minimum atomic E-state index is -0.0369. The molecule has 112 valence electrons. The Bertz CT molecular complexity index is 445. The highest BCUT2D eigenvalue weighted by Crippen LogP contribution is 2.25. The monoisotopic (exact) mass is 277 g/mol. The van der Waals surface area contributed by atoms with Gasteiger partial charge in [-0.2, -0.15) is 0 Å². The summed E-state index contributed by atoms with van der Waals surface area (Å²) < 4.78 is 0. The van der Waals surface area contributed by atoms with Crippen molar-refractivity contribution in [3.63, 3.8) is 0 Å². The molecule has 4 heteroatoms. The summed E-state index contributed by atoms with van der Waals surface area (Å²) in [6, 6.07) is 5.50. The van der Waals surface area contributed by atoms with Gasteiger partial charge in [-0.25, -0.2) is 0 Å². The van der Waals surface area contributed by atoms with Crippen molar-refractivity contribution in [2.45, 2.75) is 34.1 Å². The highest BCUT2D eigenvalue weighted by Gasteiger charge is 2.17. The minimum absolute atomic E-state index is 0.0369. The molecule has 1 amide bonds. The molecule has 1 rings (SSSR count). The minimum Gasteiger partial charge on any atom is -0.399 e. The summed E-state index contributed by atoms with van der Waals surface area (Å²) in [5.74, 6) is 0.545. The molecule has 0 spiro atoms. The summed E-state index contributed by atoms with van der Waals surface area (Å²) >= 11 is 0. The smallest absolute Gasteiger partial charge is 0.253 e. The molecule has 0 fully saturated rings. The van der Waals surface area contributed by atoms with E-state index in [1.54, 1.807) is 6.07 Å². The normalized spacial score (nSPS) is 12.0. The van der Waals surface area contributed by atoms with Gasteiger partial charge in [-0.3, -0.25) is 4.79 Å². The fraction of sp³-hybridized carbons (Fsp3) is 0.562. The number of carbonyl (C=O) groups excluding carboxylic acids is 1. The zero-order valence-corrected chi connectivity index (χ0v) is 13.1. The molecule has 1 atom stereocenters. The highest BCUT2D eigenvalue weighted by molar-refractivity contribution is 6.00. The summed E-state index contributed by atoms with van der Waals surface area (Å²) in [5, 5.41) is 2.86. The third-order valence-electron chi connectivity index (χ3n) is 3.56. The average Bonchev–Trinajstić information content (AvgIpc) is 2.44. The van der Waals surface area contributed by atoms with Crippen LogP contribution in [0.25, 0.3) is 0 Å². The summed E-state index contributed by atoms with van der Waals surface area (Å²) in [7, 11) is 0. The van der Waals surface area contributed by atoms with E-state index in [1.807, 2.05) is 19.1 Å². The maximum Gasteiger partial charge on any atom is 0.253 e. The van der Waals surface area contributed by atoms with Crippen LogP contribution < -0.4 is 16.0 Å². The van der Waals surface area contributed by atoms with Gasteiger partial charge >= 0.3 is 0 Å². The fourth-order valence-corrected chi connectivity index (χ4v) is 2.16. The quantitative estimate of drug-likeness (QED) is 0.753. The van der Waals surface area contributed by atoms with Crippen molar-refractivity contribution in [1.29, 1.82) is 0 Å². The predicted octanol–water partition coefficient (Wildman–Crippen LogP) is 2.89. The van der Waals surface area contributed by atoms with Crippen LogP contribution in [0.4, 0.5) is 11.4 Å². The molecule has 0 aliphatic heterocycles. The second kappa shape index (κ2) is 7.78. The molecule has 0 aliphatic rings. The van der Waals surface area contributed by atoms with E-state index in [0.717, 1.165) is 25.2 Å². The van der Waals surface area contributed by atoms with Gasteiger partial charge in [-0.1, -0.05) is 20.3 Å². The third-order valence-corrected chi connectivity index (χ3v) is 3.56. The molecule has 1 aromatic rings. The van der Waals surface area contributed by atoms with Crippen LogP contribution in [0.2, 0.25) is 0 Å². The van der Waals surface area contributed by atoms with E-state index in [2.05, 4.69) is 31.0 Å².